The maximum absolute atomic E-state index is 13.1. The van der Waals surface area contributed by atoms with Gasteiger partial charge in [0.25, 0.3) is 5.91 Å². The van der Waals surface area contributed by atoms with E-state index >= 15 is 0 Å². The highest BCUT2D eigenvalue weighted by molar-refractivity contribution is 6.05. The van der Waals surface area contributed by atoms with Crippen molar-refractivity contribution in [3.8, 4) is 5.75 Å². The number of nitrogens with one attached hydrogen (secondary N) is 1. The molecule has 0 saturated carbocycles. The Morgan fingerprint density at radius 1 is 1.11 bits per heavy atom. The Labute approximate surface area is 168 Å². The van der Waals surface area contributed by atoms with Crippen LogP contribution in [0.25, 0.3) is 10.9 Å². The van der Waals surface area contributed by atoms with E-state index in [1.807, 2.05) is 38.1 Å². The Morgan fingerprint density at radius 2 is 1.89 bits per heavy atom. The summed E-state index contributed by atoms with van der Waals surface area (Å²) in [5.74, 6) is 0.632. The van der Waals surface area contributed by atoms with Gasteiger partial charge in [-0.3, -0.25) is 9.78 Å². The van der Waals surface area contributed by atoms with E-state index < -0.39 is 5.60 Å². The van der Waals surface area contributed by atoms with Gasteiger partial charge in [-0.05, 0) is 51.0 Å². The summed E-state index contributed by atoms with van der Waals surface area (Å²) in [6, 6.07) is 7.60. The molecule has 0 radical (unpaired) electrons. The minimum Gasteiger partial charge on any atom is -0.491 e. The first-order valence-corrected chi connectivity index (χ1v) is 10.5. The van der Waals surface area contributed by atoms with Gasteiger partial charge < -0.3 is 14.8 Å². The number of amides is 1. The maximum Gasteiger partial charge on any atom is 0.256 e. The molecule has 1 amide bonds. The number of carbonyl (C=O) groups excluding carboxylic acids is 1. The van der Waals surface area contributed by atoms with Gasteiger partial charge in [0.2, 0.25) is 0 Å². The van der Waals surface area contributed by atoms with E-state index in [0.29, 0.717) is 19.6 Å². The van der Waals surface area contributed by atoms with Crippen molar-refractivity contribution in [1.82, 2.24) is 4.98 Å². The molecule has 0 spiro atoms. The minimum atomic E-state index is -0.839. The molecule has 1 N–H and O–H groups in total. The van der Waals surface area contributed by atoms with Crippen LogP contribution in [0.4, 0.5) is 5.69 Å². The number of ether oxygens (including phenoxy) is 2. The van der Waals surface area contributed by atoms with Gasteiger partial charge in [0.15, 0.2) is 0 Å². The summed E-state index contributed by atoms with van der Waals surface area (Å²) in [5, 5.41) is 3.94. The average molecular weight is 387 g/mol. The first-order valence-electron chi connectivity index (χ1n) is 10.5. The normalized spacial score (nSPS) is 13.3. The van der Waals surface area contributed by atoms with Crippen LogP contribution in [0.2, 0.25) is 0 Å². The van der Waals surface area contributed by atoms with Crippen LogP contribution in [0.5, 0.6) is 5.75 Å². The van der Waals surface area contributed by atoms with E-state index in [2.05, 4.69) is 24.1 Å². The molecule has 5 nitrogen and oxygen atoms in total. The molecule has 1 heterocycles. The van der Waals surface area contributed by atoms with Crippen LogP contribution < -0.4 is 10.1 Å². The molecule has 0 aliphatic rings. The third-order valence-electron chi connectivity index (χ3n) is 4.94. The number of nitrogens with zero attached hydrogens (tertiary/aromatic N) is 1. The molecule has 0 bridgehead atoms. The van der Waals surface area contributed by atoms with Gasteiger partial charge in [-0.2, -0.15) is 0 Å². The fourth-order valence-corrected chi connectivity index (χ4v) is 3.24. The number of anilines is 1. The van der Waals surface area contributed by atoms with Crippen molar-refractivity contribution in [2.24, 2.45) is 0 Å². The van der Waals surface area contributed by atoms with Gasteiger partial charge in [-0.1, -0.05) is 39.5 Å². The van der Waals surface area contributed by atoms with Crippen molar-refractivity contribution >= 4 is 22.5 Å². The Balaban J connectivity index is 2.24. The van der Waals surface area contributed by atoms with Gasteiger partial charge >= 0.3 is 0 Å². The first kappa shape index (κ1) is 22.2. The van der Waals surface area contributed by atoms with Crippen LogP contribution in [0.3, 0.4) is 0 Å². The zero-order chi connectivity index (χ0) is 20.4. The summed E-state index contributed by atoms with van der Waals surface area (Å²) >= 11 is 0. The fourth-order valence-electron chi connectivity index (χ4n) is 3.24. The molecule has 0 saturated heterocycles. The lowest BCUT2D eigenvalue weighted by atomic mass is 9.96. The highest BCUT2D eigenvalue weighted by Gasteiger charge is 2.33. The number of fused-ring (bicyclic) bond motifs is 1. The number of hydrogen-bond acceptors (Lipinski definition) is 4. The zero-order valence-corrected chi connectivity index (χ0v) is 17.7. The summed E-state index contributed by atoms with van der Waals surface area (Å²) in [5.41, 5.74) is 0.659. The van der Waals surface area contributed by atoms with Gasteiger partial charge in [0, 0.05) is 18.2 Å². The molecular weight excluding hydrogens is 352 g/mol. The van der Waals surface area contributed by atoms with Gasteiger partial charge in [-0.25, -0.2) is 0 Å². The quantitative estimate of drug-likeness (QED) is 0.473. The van der Waals surface area contributed by atoms with Crippen LogP contribution in [0, 0.1) is 0 Å². The minimum absolute atomic E-state index is 0.116. The van der Waals surface area contributed by atoms with Crippen LogP contribution in [-0.2, 0) is 9.53 Å². The number of rotatable bonds is 12. The molecule has 28 heavy (non-hydrogen) atoms. The van der Waals surface area contributed by atoms with Gasteiger partial charge in [0.05, 0.1) is 12.3 Å². The highest BCUT2D eigenvalue weighted by Crippen LogP contribution is 2.31. The van der Waals surface area contributed by atoms with Crippen molar-refractivity contribution in [3.63, 3.8) is 0 Å². The third kappa shape index (κ3) is 5.68. The molecule has 0 aliphatic carbocycles. The van der Waals surface area contributed by atoms with Crippen molar-refractivity contribution < 1.29 is 14.3 Å². The highest BCUT2D eigenvalue weighted by atomic mass is 16.5. The van der Waals surface area contributed by atoms with E-state index in [9.17, 15) is 4.79 Å². The van der Waals surface area contributed by atoms with Gasteiger partial charge in [0.1, 0.15) is 16.9 Å². The Hall–Kier alpha value is -2.14. The molecule has 1 aromatic carbocycles. The largest absolute Gasteiger partial charge is 0.491 e. The molecule has 2 rings (SSSR count). The van der Waals surface area contributed by atoms with Crippen LogP contribution in [-0.4, -0.2) is 29.7 Å². The number of benzene rings is 1. The van der Waals surface area contributed by atoms with E-state index in [1.54, 1.807) is 6.20 Å². The number of carbonyl (C=O) groups is 1. The second-order valence-corrected chi connectivity index (χ2v) is 7.29. The Kier molecular flexibility index (Phi) is 8.71. The van der Waals surface area contributed by atoms with Crippen molar-refractivity contribution in [2.45, 2.75) is 71.8 Å². The Bertz CT molecular complexity index is 763. The van der Waals surface area contributed by atoms with E-state index in [1.165, 1.54) is 0 Å². The van der Waals surface area contributed by atoms with E-state index in [4.69, 9.17) is 9.47 Å². The fraction of sp³-hybridized carbons (Fsp3) is 0.565. The first-order chi connectivity index (χ1) is 13.6. The number of unbranched alkanes of at least 4 members (excludes halogenated alkanes) is 3. The predicted molar refractivity (Wildman–Crippen MR) is 115 cm³/mol. The molecule has 2 aromatic rings. The third-order valence-corrected chi connectivity index (χ3v) is 4.94. The molecule has 1 unspecified atom stereocenters. The van der Waals surface area contributed by atoms with Crippen LogP contribution in [0.1, 0.15) is 66.2 Å². The SMILES string of the molecule is CCCCCC(C)(OCC)C(=O)Nc1ccc(OCCCC)c2ncccc12. The molecule has 1 aromatic heterocycles. The summed E-state index contributed by atoms with van der Waals surface area (Å²) in [6.45, 7) is 9.25. The lowest BCUT2D eigenvalue weighted by Crippen LogP contribution is -2.42. The van der Waals surface area contributed by atoms with Crippen molar-refractivity contribution in [2.75, 3.05) is 18.5 Å². The number of aromatic nitrogens is 1. The summed E-state index contributed by atoms with van der Waals surface area (Å²) < 4.78 is 11.8. The number of pyridine rings is 1. The van der Waals surface area contributed by atoms with E-state index in [-0.39, 0.29) is 5.91 Å². The van der Waals surface area contributed by atoms with Crippen molar-refractivity contribution in [3.05, 3.63) is 30.5 Å². The zero-order valence-electron chi connectivity index (χ0n) is 17.7. The lowest BCUT2D eigenvalue weighted by molar-refractivity contribution is -0.139. The average Bonchev–Trinajstić information content (AvgIpc) is 2.70. The van der Waals surface area contributed by atoms with E-state index in [0.717, 1.165) is 54.4 Å². The summed E-state index contributed by atoms with van der Waals surface area (Å²) in [6.07, 6.45) is 7.69. The molecule has 5 heteroatoms. The summed E-state index contributed by atoms with van der Waals surface area (Å²) in [4.78, 5) is 17.5. The van der Waals surface area contributed by atoms with Crippen LogP contribution in [0.15, 0.2) is 30.5 Å². The molecule has 0 aliphatic heterocycles. The topological polar surface area (TPSA) is 60.5 Å². The second-order valence-electron chi connectivity index (χ2n) is 7.29. The summed E-state index contributed by atoms with van der Waals surface area (Å²) in [7, 11) is 0. The van der Waals surface area contributed by atoms with Crippen molar-refractivity contribution in [1.29, 1.82) is 0 Å². The second kappa shape index (κ2) is 11.0. The molecule has 1 atom stereocenters. The monoisotopic (exact) mass is 386 g/mol. The molecular formula is C23H34N2O3. The Morgan fingerprint density at radius 3 is 2.61 bits per heavy atom. The maximum atomic E-state index is 13.1. The van der Waals surface area contributed by atoms with Gasteiger partial charge in [-0.15, -0.1) is 0 Å². The smallest absolute Gasteiger partial charge is 0.256 e. The predicted octanol–water partition coefficient (Wildman–Crippen LogP) is 5.73. The standard InChI is InChI=1S/C23H34N2O3/c1-5-8-10-15-23(4,28-7-3)22(26)25-19-13-14-20(27-17-9-6-2)21-18(19)12-11-16-24-21/h11-14,16H,5-10,15,17H2,1-4H3,(H,25,26). The lowest BCUT2D eigenvalue weighted by Gasteiger charge is -2.28. The number of hydrogen-bond donors (Lipinski definition) is 1. The molecule has 154 valence electrons. The molecule has 0 fully saturated rings. The van der Waals surface area contributed by atoms with Crippen LogP contribution >= 0.6 is 0 Å².